The van der Waals surface area contributed by atoms with Crippen LogP contribution in [0.4, 0.5) is 0 Å². The molecule has 0 aromatic heterocycles. The van der Waals surface area contributed by atoms with Crippen molar-refractivity contribution in [1.29, 1.82) is 0 Å². The fourth-order valence-corrected chi connectivity index (χ4v) is 1.83. The fraction of sp³-hybridized carbons (Fsp3) is 0. The molecule has 1 aliphatic heterocycles. The maximum absolute atomic E-state index is 11.4. The van der Waals surface area contributed by atoms with Crippen LogP contribution in [0.25, 0.3) is 6.08 Å². The van der Waals surface area contributed by atoms with E-state index in [1.807, 2.05) is 24.3 Å². The van der Waals surface area contributed by atoms with E-state index in [9.17, 15) is 4.79 Å². The van der Waals surface area contributed by atoms with Crippen LogP contribution >= 0.6 is 28.1 Å². The number of hydrogen-bond acceptors (Lipinski definition) is 2. The van der Waals surface area contributed by atoms with Gasteiger partial charge in [-0.1, -0.05) is 34.1 Å². The van der Waals surface area contributed by atoms with Crippen LogP contribution in [0.1, 0.15) is 5.56 Å². The highest BCUT2D eigenvalue weighted by Crippen LogP contribution is 2.18. The Morgan fingerprint density at radius 1 is 1.27 bits per heavy atom. The smallest absolute Gasteiger partial charge is 0.273 e. The summed E-state index contributed by atoms with van der Waals surface area (Å²) in [5.41, 5.74) is 1.40. The van der Waals surface area contributed by atoms with Gasteiger partial charge in [-0.05, 0) is 29.9 Å². The van der Waals surface area contributed by atoms with Crippen molar-refractivity contribution in [3.05, 3.63) is 40.0 Å². The quantitative estimate of drug-likeness (QED) is 0.610. The second-order valence-corrected chi connectivity index (χ2v) is 4.25. The maximum Gasteiger partial charge on any atom is 0.273 e. The van der Waals surface area contributed by atoms with E-state index in [-0.39, 0.29) is 5.91 Å². The Hall–Kier alpha value is -1.20. The normalized spacial score (nSPS) is 17.8. The van der Waals surface area contributed by atoms with Crippen LogP contribution in [0, 0.1) is 0 Å². The molecule has 3 nitrogen and oxygen atoms in total. The average Bonchev–Trinajstić information content (AvgIpc) is 2.49. The van der Waals surface area contributed by atoms with Crippen molar-refractivity contribution in [2.24, 2.45) is 0 Å². The second-order valence-electron chi connectivity index (χ2n) is 2.99. The van der Waals surface area contributed by atoms with Crippen LogP contribution in [0.5, 0.6) is 0 Å². The summed E-state index contributed by atoms with van der Waals surface area (Å²) in [4.78, 5) is 11.4. The van der Waals surface area contributed by atoms with Gasteiger partial charge in [0.05, 0.1) is 0 Å². The van der Waals surface area contributed by atoms with Gasteiger partial charge in [0.15, 0.2) is 5.11 Å². The van der Waals surface area contributed by atoms with Gasteiger partial charge in [-0.2, -0.15) is 0 Å². The van der Waals surface area contributed by atoms with Gasteiger partial charge in [-0.15, -0.1) is 0 Å². The molecule has 15 heavy (non-hydrogen) atoms. The Morgan fingerprint density at radius 2 is 2.00 bits per heavy atom. The third kappa shape index (κ3) is 2.24. The van der Waals surface area contributed by atoms with Crippen molar-refractivity contribution in [2.75, 3.05) is 0 Å². The number of hydrogen-bond donors (Lipinski definition) is 2. The highest BCUT2D eigenvalue weighted by atomic mass is 79.9. The molecule has 1 amide bonds. The molecular weight excluding hydrogens is 276 g/mol. The minimum Gasteiger partial charge on any atom is -0.328 e. The van der Waals surface area contributed by atoms with Gasteiger partial charge < -0.3 is 5.32 Å². The van der Waals surface area contributed by atoms with Crippen molar-refractivity contribution in [2.45, 2.75) is 0 Å². The molecule has 1 saturated heterocycles. The summed E-state index contributed by atoms with van der Waals surface area (Å²) in [6, 6.07) is 7.65. The summed E-state index contributed by atoms with van der Waals surface area (Å²) in [5.74, 6) is -0.198. The Morgan fingerprint density at radius 3 is 2.60 bits per heavy atom. The van der Waals surface area contributed by atoms with E-state index in [1.165, 1.54) is 0 Å². The van der Waals surface area contributed by atoms with E-state index in [2.05, 4.69) is 26.6 Å². The van der Waals surface area contributed by atoms with Crippen LogP contribution in [0.2, 0.25) is 0 Å². The Kier molecular flexibility index (Phi) is 2.83. The molecule has 5 heteroatoms. The summed E-state index contributed by atoms with van der Waals surface area (Å²) in [6.07, 6.45) is 1.75. The number of carbonyl (C=O) groups excluding carboxylic acids is 1. The number of nitrogens with one attached hydrogen (secondary N) is 2. The van der Waals surface area contributed by atoms with Crippen molar-refractivity contribution < 1.29 is 4.79 Å². The third-order valence-corrected chi connectivity index (χ3v) is 2.85. The molecule has 1 aromatic carbocycles. The van der Waals surface area contributed by atoms with Crippen LogP contribution < -0.4 is 10.6 Å². The number of rotatable bonds is 1. The zero-order valence-electron chi connectivity index (χ0n) is 7.58. The van der Waals surface area contributed by atoms with E-state index in [0.717, 1.165) is 10.0 Å². The van der Waals surface area contributed by atoms with Crippen LogP contribution in [-0.4, -0.2) is 11.0 Å². The van der Waals surface area contributed by atoms with Crippen LogP contribution in [0.15, 0.2) is 34.4 Å². The van der Waals surface area contributed by atoms with Crippen LogP contribution in [0.3, 0.4) is 0 Å². The molecule has 0 bridgehead atoms. The van der Waals surface area contributed by atoms with E-state index < -0.39 is 0 Å². The Labute approximate surface area is 101 Å². The lowest BCUT2D eigenvalue weighted by Crippen LogP contribution is -2.21. The monoisotopic (exact) mass is 282 g/mol. The lowest BCUT2D eigenvalue weighted by atomic mass is 10.2. The molecule has 1 aromatic rings. The molecular formula is C10H7BrN2OS. The Bertz CT molecular complexity index is 470. The minimum absolute atomic E-state index is 0.198. The first-order valence-electron chi connectivity index (χ1n) is 4.25. The van der Waals surface area contributed by atoms with E-state index in [0.29, 0.717) is 10.8 Å². The van der Waals surface area contributed by atoms with E-state index >= 15 is 0 Å². The molecule has 76 valence electrons. The van der Waals surface area contributed by atoms with Gasteiger partial charge in [0.25, 0.3) is 5.91 Å². The molecule has 1 heterocycles. The van der Waals surface area contributed by atoms with Gasteiger partial charge in [-0.25, -0.2) is 0 Å². The standard InChI is InChI=1S/C10H7BrN2OS/c11-7-4-2-1-3-6(7)5-8-9(14)13-10(15)12-8/h1-5H,(H2,12,13,14,15)/b8-5-. The number of benzene rings is 1. The first kappa shape index (κ1) is 10.3. The average molecular weight is 283 g/mol. The lowest BCUT2D eigenvalue weighted by Gasteiger charge is -1.98. The SMILES string of the molecule is O=C1NC(=S)N/C1=C\c1ccccc1Br. The summed E-state index contributed by atoms with van der Waals surface area (Å²) in [6.45, 7) is 0. The minimum atomic E-state index is -0.198. The van der Waals surface area contributed by atoms with E-state index in [4.69, 9.17) is 12.2 Å². The maximum atomic E-state index is 11.4. The highest BCUT2D eigenvalue weighted by Gasteiger charge is 2.19. The molecule has 0 atom stereocenters. The largest absolute Gasteiger partial charge is 0.328 e. The van der Waals surface area contributed by atoms with Crippen molar-refractivity contribution >= 4 is 45.2 Å². The van der Waals surface area contributed by atoms with Crippen molar-refractivity contribution in [1.82, 2.24) is 10.6 Å². The van der Waals surface area contributed by atoms with Gasteiger partial charge >= 0.3 is 0 Å². The third-order valence-electron chi connectivity index (χ3n) is 1.92. The molecule has 2 rings (SSSR count). The molecule has 0 spiro atoms. The summed E-state index contributed by atoms with van der Waals surface area (Å²) in [5, 5.41) is 5.64. The van der Waals surface area contributed by atoms with Gasteiger partial charge in [0.1, 0.15) is 5.70 Å². The van der Waals surface area contributed by atoms with Gasteiger partial charge in [0, 0.05) is 4.47 Å². The van der Waals surface area contributed by atoms with Crippen molar-refractivity contribution in [3.8, 4) is 0 Å². The molecule has 1 aliphatic rings. The number of halogens is 1. The predicted molar refractivity (Wildman–Crippen MR) is 66.0 cm³/mol. The summed E-state index contributed by atoms with van der Waals surface area (Å²) >= 11 is 8.23. The lowest BCUT2D eigenvalue weighted by molar-refractivity contribution is -0.115. The molecule has 0 unspecified atom stereocenters. The van der Waals surface area contributed by atoms with Gasteiger partial charge in [0.2, 0.25) is 0 Å². The summed E-state index contributed by atoms with van der Waals surface area (Å²) < 4.78 is 0.935. The molecule has 0 aliphatic carbocycles. The first-order valence-corrected chi connectivity index (χ1v) is 5.45. The van der Waals surface area contributed by atoms with Gasteiger partial charge in [-0.3, -0.25) is 10.1 Å². The molecule has 1 fully saturated rings. The highest BCUT2D eigenvalue weighted by molar-refractivity contribution is 9.10. The van der Waals surface area contributed by atoms with Crippen LogP contribution in [-0.2, 0) is 4.79 Å². The zero-order valence-corrected chi connectivity index (χ0v) is 9.98. The fourth-order valence-electron chi connectivity index (χ4n) is 1.23. The van der Waals surface area contributed by atoms with E-state index in [1.54, 1.807) is 6.08 Å². The number of carbonyl (C=O) groups is 1. The zero-order chi connectivity index (χ0) is 10.8. The topological polar surface area (TPSA) is 41.1 Å². The molecule has 0 saturated carbocycles. The summed E-state index contributed by atoms with van der Waals surface area (Å²) in [7, 11) is 0. The Balaban J connectivity index is 2.35. The number of thiocarbonyl (C=S) groups is 1. The van der Waals surface area contributed by atoms with Crippen molar-refractivity contribution in [3.63, 3.8) is 0 Å². The first-order chi connectivity index (χ1) is 7.16. The number of amides is 1. The predicted octanol–water partition coefficient (Wildman–Crippen LogP) is 1.79. The molecule has 0 radical (unpaired) electrons. The second kappa shape index (κ2) is 4.12. The molecule has 2 N–H and O–H groups in total.